The number of aliphatic hydroxyl groups excluding tert-OH is 1. The molecule has 0 amide bonds. The fourth-order valence-corrected chi connectivity index (χ4v) is 1.76. The van der Waals surface area contributed by atoms with Crippen molar-refractivity contribution in [1.82, 2.24) is 0 Å². The van der Waals surface area contributed by atoms with E-state index in [0.717, 1.165) is 29.0 Å². The highest BCUT2D eigenvalue weighted by Gasteiger charge is 2.08. The third kappa shape index (κ3) is 3.84. The maximum absolute atomic E-state index is 9.90. The monoisotopic (exact) mass is 226 g/mol. The molecule has 0 saturated heterocycles. The molecule has 1 unspecified atom stereocenters. The van der Waals surface area contributed by atoms with Crippen molar-refractivity contribution in [2.24, 2.45) is 0 Å². The Morgan fingerprint density at radius 3 is 2.67 bits per heavy atom. The van der Waals surface area contributed by atoms with E-state index in [-0.39, 0.29) is 6.10 Å². The zero-order chi connectivity index (χ0) is 11.3. The van der Waals surface area contributed by atoms with Gasteiger partial charge in [0.25, 0.3) is 0 Å². The molecule has 0 spiro atoms. The predicted octanol–water partition coefficient (Wildman–Crippen LogP) is 4.26. The highest BCUT2D eigenvalue weighted by atomic mass is 35.5. The van der Waals surface area contributed by atoms with E-state index in [9.17, 15) is 5.11 Å². The molecule has 84 valence electrons. The van der Waals surface area contributed by atoms with Crippen LogP contribution in [0.1, 0.15) is 49.8 Å². The van der Waals surface area contributed by atoms with E-state index in [2.05, 4.69) is 6.92 Å². The van der Waals surface area contributed by atoms with Gasteiger partial charge >= 0.3 is 0 Å². The Hall–Kier alpha value is -0.530. The predicted molar refractivity (Wildman–Crippen MR) is 65.3 cm³/mol. The lowest BCUT2D eigenvalue weighted by atomic mass is 10.0. The summed E-state index contributed by atoms with van der Waals surface area (Å²) in [5, 5.41) is 10.6. The van der Waals surface area contributed by atoms with Crippen molar-refractivity contribution in [2.45, 2.75) is 45.6 Å². The first-order valence-corrected chi connectivity index (χ1v) is 5.97. The number of hydrogen-bond donors (Lipinski definition) is 1. The van der Waals surface area contributed by atoms with Gasteiger partial charge in [-0.1, -0.05) is 49.9 Å². The lowest BCUT2D eigenvalue weighted by molar-refractivity contribution is 0.163. The molecule has 2 heteroatoms. The van der Waals surface area contributed by atoms with Crippen molar-refractivity contribution in [3.05, 3.63) is 34.3 Å². The van der Waals surface area contributed by atoms with Crippen LogP contribution in [-0.4, -0.2) is 5.11 Å². The van der Waals surface area contributed by atoms with Gasteiger partial charge in [-0.15, -0.1) is 0 Å². The van der Waals surface area contributed by atoms with Crippen LogP contribution in [0.15, 0.2) is 18.2 Å². The standard InChI is InChI=1S/C13H19ClO/c1-3-4-5-6-13(15)11-8-7-10(2)12(14)9-11/h7-9,13,15H,3-6H2,1-2H3. The number of aryl methyl sites for hydroxylation is 1. The molecule has 0 aromatic heterocycles. The van der Waals surface area contributed by atoms with E-state index in [1.165, 1.54) is 12.8 Å². The van der Waals surface area contributed by atoms with Crippen LogP contribution >= 0.6 is 11.6 Å². The van der Waals surface area contributed by atoms with Crippen LogP contribution in [0.5, 0.6) is 0 Å². The second-order valence-corrected chi connectivity index (χ2v) is 4.43. The molecule has 0 saturated carbocycles. The van der Waals surface area contributed by atoms with Crippen LogP contribution in [-0.2, 0) is 0 Å². The minimum absolute atomic E-state index is 0.366. The third-order valence-corrected chi connectivity index (χ3v) is 3.07. The molecule has 0 fully saturated rings. The van der Waals surface area contributed by atoms with Crippen molar-refractivity contribution in [2.75, 3.05) is 0 Å². The fourth-order valence-electron chi connectivity index (χ4n) is 1.57. The van der Waals surface area contributed by atoms with Crippen molar-refractivity contribution < 1.29 is 5.11 Å². The number of benzene rings is 1. The SMILES string of the molecule is CCCCCC(O)c1ccc(C)c(Cl)c1. The zero-order valence-corrected chi connectivity index (χ0v) is 10.2. The number of unbranched alkanes of at least 4 members (excludes halogenated alkanes) is 2. The highest BCUT2D eigenvalue weighted by molar-refractivity contribution is 6.31. The van der Waals surface area contributed by atoms with E-state index in [1.54, 1.807) is 0 Å². The molecule has 1 N–H and O–H groups in total. The molecule has 1 aromatic carbocycles. The molecule has 0 aliphatic carbocycles. The summed E-state index contributed by atoms with van der Waals surface area (Å²) in [6.45, 7) is 4.13. The molecule has 0 aliphatic rings. The Bertz CT molecular complexity index is 309. The third-order valence-electron chi connectivity index (χ3n) is 2.66. The van der Waals surface area contributed by atoms with Gasteiger partial charge < -0.3 is 5.11 Å². The molecule has 1 rings (SSSR count). The summed E-state index contributed by atoms with van der Waals surface area (Å²) in [5.41, 5.74) is 1.99. The lowest BCUT2D eigenvalue weighted by Gasteiger charge is -2.11. The maximum atomic E-state index is 9.90. The average molecular weight is 227 g/mol. The van der Waals surface area contributed by atoms with Gasteiger partial charge in [0.05, 0.1) is 6.10 Å². The molecule has 15 heavy (non-hydrogen) atoms. The number of aliphatic hydroxyl groups is 1. The molecular formula is C13H19ClO. The van der Waals surface area contributed by atoms with E-state index in [0.29, 0.717) is 0 Å². The fraction of sp³-hybridized carbons (Fsp3) is 0.538. The highest BCUT2D eigenvalue weighted by Crippen LogP contribution is 2.24. The summed E-state index contributed by atoms with van der Waals surface area (Å²) < 4.78 is 0. The summed E-state index contributed by atoms with van der Waals surface area (Å²) in [5.74, 6) is 0. The molecule has 0 aliphatic heterocycles. The molecule has 1 nitrogen and oxygen atoms in total. The van der Waals surface area contributed by atoms with Crippen molar-refractivity contribution in [3.63, 3.8) is 0 Å². The molecule has 1 atom stereocenters. The van der Waals surface area contributed by atoms with E-state index in [4.69, 9.17) is 11.6 Å². The number of hydrogen-bond acceptors (Lipinski definition) is 1. The first kappa shape index (κ1) is 12.5. The van der Waals surface area contributed by atoms with Crippen LogP contribution in [0.4, 0.5) is 0 Å². The van der Waals surface area contributed by atoms with Crippen LogP contribution in [0, 0.1) is 6.92 Å². The Kier molecular flexibility index (Phi) is 5.13. The maximum Gasteiger partial charge on any atom is 0.0790 e. The van der Waals surface area contributed by atoms with Crippen LogP contribution in [0.3, 0.4) is 0 Å². The average Bonchev–Trinajstić information content (AvgIpc) is 2.22. The second-order valence-electron chi connectivity index (χ2n) is 4.02. The van der Waals surface area contributed by atoms with Gasteiger partial charge in [0.1, 0.15) is 0 Å². The summed E-state index contributed by atoms with van der Waals surface area (Å²) >= 11 is 6.01. The molecule has 0 bridgehead atoms. The second kappa shape index (κ2) is 6.14. The van der Waals surface area contributed by atoms with Gasteiger partial charge in [0, 0.05) is 5.02 Å². The van der Waals surface area contributed by atoms with Gasteiger partial charge in [0.15, 0.2) is 0 Å². The van der Waals surface area contributed by atoms with Crippen molar-refractivity contribution in [3.8, 4) is 0 Å². The van der Waals surface area contributed by atoms with Crippen molar-refractivity contribution in [1.29, 1.82) is 0 Å². The molecule has 1 aromatic rings. The van der Waals surface area contributed by atoms with Crippen molar-refractivity contribution >= 4 is 11.6 Å². The molecular weight excluding hydrogens is 208 g/mol. The quantitative estimate of drug-likeness (QED) is 0.744. The normalized spacial score (nSPS) is 12.8. The zero-order valence-electron chi connectivity index (χ0n) is 9.46. The van der Waals surface area contributed by atoms with E-state index >= 15 is 0 Å². The van der Waals surface area contributed by atoms with E-state index < -0.39 is 0 Å². The largest absolute Gasteiger partial charge is 0.388 e. The van der Waals surface area contributed by atoms with Gasteiger partial charge in [-0.05, 0) is 30.5 Å². The van der Waals surface area contributed by atoms with E-state index in [1.807, 2.05) is 25.1 Å². The van der Waals surface area contributed by atoms with Gasteiger partial charge in [0.2, 0.25) is 0 Å². The molecule has 0 heterocycles. The Labute approximate surface area is 97.1 Å². The first-order chi connectivity index (χ1) is 7.15. The topological polar surface area (TPSA) is 20.2 Å². The van der Waals surface area contributed by atoms with Crippen LogP contribution in [0.25, 0.3) is 0 Å². The molecule has 0 radical (unpaired) electrons. The summed E-state index contributed by atoms with van der Waals surface area (Å²) in [7, 11) is 0. The number of rotatable bonds is 5. The number of halogens is 1. The van der Waals surface area contributed by atoms with Gasteiger partial charge in [-0.2, -0.15) is 0 Å². The lowest BCUT2D eigenvalue weighted by Crippen LogP contribution is -1.97. The Morgan fingerprint density at radius 1 is 1.33 bits per heavy atom. The Morgan fingerprint density at radius 2 is 2.07 bits per heavy atom. The Balaban J connectivity index is 2.57. The minimum atomic E-state index is -0.366. The summed E-state index contributed by atoms with van der Waals surface area (Å²) in [6, 6.07) is 5.78. The minimum Gasteiger partial charge on any atom is -0.388 e. The van der Waals surface area contributed by atoms with Gasteiger partial charge in [-0.3, -0.25) is 0 Å². The summed E-state index contributed by atoms with van der Waals surface area (Å²) in [6.07, 6.45) is 3.89. The van der Waals surface area contributed by atoms with Crippen LogP contribution in [0.2, 0.25) is 5.02 Å². The first-order valence-electron chi connectivity index (χ1n) is 5.59. The van der Waals surface area contributed by atoms with Gasteiger partial charge in [-0.25, -0.2) is 0 Å². The van der Waals surface area contributed by atoms with Crippen LogP contribution < -0.4 is 0 Å². The smallest absolute Gasteiger partial charge is 0.0790 e. The summed E-state index contributed by atoms with van der Waals surface area (Å²) in [4.78, 5) is 0.